The van der Waals surface area contributed by atoms with Gasteiger partial charge in [-0.2, -0.15) is 4.98 Å². The molecule has 2 N–H and O–H groups in total. The third kappa shape index (κ3) is 4.94. The summed E-state index contributed by atoms with van der Waals surface area (Å²) < 4.78 is 23.6. The van der Waals surface area contributed by atoms with E-state index in [2.05, 4.69) is 20.6 Å². The van der Waals surface area contributed by atoms with Gasteiger partial charge in [-0.3, -0.25) is 4.79 Å². The van der Waals surface area contributed by atoms with Crippen LogP contribution >= 0.6 is 0 Å². The van der Waals surface area contributed by atoms with Gasteiger partial charge >= 0.3 is 0 Å². The van der Waals surface area contributed by atoms with Gasteiger partial charge in [0.2, 0.25) is 11.9 Å². The van der Waals surface area contributed by atoms with Crippen molar-refractivity contribution < 1.29 is 13.2 Å². The van der Waals surface area contributed by atoms with E-state index in [1.165, 1.54) is 6.92 Å². The molecular weight excluding hydrogens is 366 g/mol. The van der Waals surface area contributed by atoms with E-state index < -0.39 is 9.84 Å². The molecule has 1 amide bonds. The van der Waals surface area contributed by atoms with Gasteiger partial charge in [-0.05, 0) is 43.7 Å². The summed E-state index contributed by atoms with van der Waals surface area (Å²) in [6, 6.07) is 8.95. The molecule has 1 fully saturated rings. The first-order chi connectivity index (χ1) is 12.9. The summed E-state index contributed by atoms with van der Waals surface area (Å²) in [6.07, 6.45) is 2.25. The molecule has 0 radical (unpaired) electrons. The van der Waals surface area contributed by atoms with Crippen LogP contribution in [0.1, 0.15) is 20.3 Å². The van der Waals surface area contributed by atoms with Gasteiger partial charge in [0.1, 0.15) is 5.82 Å². The largest absolute Gasteiger partial charge is 0.340 e. The highest BCUT2D eigenvalue weighted by Gasteiger charge is 2.32. The second-order valence-corrected chi connectivity index (χ2v) is 8.70. The quantitative estimate of drug-likeness (QED) is 0.780. The fraction of sp³-hybridized carbons (Fsp3) is 0.389. The Morgan fingerprint density at radius 2 is 1.93 bits per heavy atom. The lowest BCUT2D eigenvalue weighted by Crippen LogP contribution is -2.37. The molecule has 1 unspecified atom stereocenters. The maximum Gasteiger partial charge on any atom is 0.227 e. The molecule has 1 aliphatic rings. The van der Waals surface area contributed by atoms with Crippen molar-refractivity contribution in [2.45, 2.75) is 26.3 Å². The van der Waals surface area contributed by atoms with Crippen molar-refractivity contribution in [2.75, 3.05) is 33.6 Å². The standard InChI is InChI=1S/C18H23N5O3S/c1-3-23(16-9-11-27(25,26)12-16)18-19-10-8-17(22-18)21-15-6-4-14(5-7-15)20-13(2)24/h4-8,10,16H,3,9,11-12H2,1-2H3,(H,20,24)(H,19,21,22). The molecule has 27 heavy (non-hydrogen) atoms. The van der Waals surface area contributed by atoms with Crippen LogP contribution in [-0.4, -0.2) is 48.4 Å². The molecule has 1 aromatic heterocycles. The molecule has 0 saturated carbocycles. The van der Waals surface area contributed by atoms with Crippen LogP contribution in [0.4, 0.5) is 23.1 Å². The molecule has 0 spiro atoms. The zero-order valence-electron chi connectivity index (χ0n) is 15.3. The van der Waals surface area contributed by atoms with E-state index in [-0.39, 0.29) is 23.5 Å². The van der Waals surface area contributed by atoms with E-state index in [1.807, 2.05) is 24.0 Å². The minimum Gasteiger partial charge on any atom is -0.340 e. The van der Waals surface area contributed by atoms with Crippen LogP contribution in [0.2, 0.25) is 0 Å². The van der Waals surface area contributed by atoms with E-state index in [0.29, 0.717) is 24.7 Å². The van der Waals surface area contributed by atoms with Crippen molar-refractivity contribution in [2.24, 2.45) is 0 Å². The van der Waals surface area contributed by atoms with Crippen molar-refractivity contribution in [3.63, 3.8) is 0 Å². The molecule has 9 heteroatoms. The summed E-state index contributed by atoms with van der Waals surface area (Å²) in [7, 11) is -2.97. The maximum atomic E-state index is 11.8. The van der Waals surface area contributed by atoms with Crippen LogP contribution in [0.5, 0.6) is 0 Å². The molecule has 1 atom stereocenters. The number of rotatable bonds is 6. The minimum absolute atomic E-state index is 0.0906. The zero-order chi connectivity index (χ0) is 19.4. The molecule has 1 aliphatic heterocycles. The first-order valence-corrected chi connectivity index (χ1v) is 10.6. The topological polar surface area (TPSA) is 104 Å². The Balaban J connectivity index is 1.74. The first kappa shape index (κ1) is 19.1. The van der Waals surface area contributed by atoms with E-state index in [1.54, 1.807) is 24.4 Å². The normalized spacial score (nSPS) is 18.1. The van der Waals surface area contributed by atoms with Crippen molar-refractivity contribution >= 4 is 38.9 Å². The van der Waals surface area contributed by atoms with Crippen LogP contribution in [0.15, 0.2) is 36.5 Å². The Labute approximate surface area is 158 Å². The van der Waals surface area contributed by atoms with Gasteiger partial charge in [0, 0.05) is 37.1 Å². The van der Waals surface area contributed by atoms with Gasteiger partial charge in [0.05, 0.1) is 11.5 Å². The van der Waals surface area contributed by atoms with Gasteiger partial charge < -0.3 is 15.5 Å². The molecule has 3 rings (SSSR count). The molecule has 144 valence electrons. The van der Waals surface area contributed by atoms with Gasteiger partial charge in [-0.15, -0.1) is 0 Å². The van der Waals surface area contributed by atoms with Crippen LogP contribution in [0.25, 0.3) is 0 Å². The summed E-state index contributed by atoms with van der Waals surface area (Å²) >= 11 is 0. The number of hydrogen-bond donors (Lipinski definition) is 2. The second-order valence-electron chi connectivity index (χ2n) is 6.47. The third-order valence-electron chi connectivity index (χ3n) is 4.37. The minimum atomic E-state index is -2.97. The summed E-state index contributed by atoms with van der Waals surface area (Å²) in [5, 5.41) is 5.92. The number of amides is 1. The summed E-state index contributed by atoms with van der Waals surface area (Å²) in [5.74, 6) is 1.37. The number of sulfone groups is 1. The molecule has 8 nitrogen and oxygen atoms in total. The average molecular weight is 389 g/mol. The predicted molar refractivity (Wildman–Crippen MR) is 106 cm³/mol. The van der Waals surface area contributed by atoms with Gasteiger partial charge in [0.25, 0.3) is 0 Å². The van der Waals surface area contributed by atoms with E-state index in [0.717, 1.165) is 11.4 Å². The van der Waals surface area contributed by atoms with E-state index in [9.17, 15) is 13.2 Å². The lowest BCUT2D eigenvalue weighted by atomic mass is 10.2. The Bertz CT molecular complexity index is 915. The van der Waals surface area contributed by atoms with Gasteiger partial charge in [-0.1, -0.05) is 0 Å². The number of nitrogens with zero attached hydrogens (tertiary/aromatic N) is 3. The van der Waals surface area contributed by atoms with Crippen molar-refractivity contribution in [3.05, 3.63) is 36.5 Å². The first-order valence-electron chi connectivity index (χ1n) is 8.81. The van der Waals surface area contributed by atoms with Gasteiger partial charge in [-0.25, -0.2) is 13.4 Å². The number of benzene rings is 1. The number of nitrogens with one attached hydrogen (secondary N) is 2. The van der Waals surface area contributed by atoms with Crippen LogP contribution in [0.3, 0.4) is 0 Å². The molecule has 0 bridgehead atoms. The van der Waals surface area contributed by atoms with Crippen LogP contribution in [-0.2, 0) is 14.6 Å². The van der Waals surface area contributed by atoms with Crippen molar-refractivity contribution in [1.29, 1.82) is 0 Å². The molecule has 1 saturated heterocycles. The smallest absolute Gasteiger partial charge is 0.227 e. The average Bonchev–Trinajstić information content (AvgIpc) is 2.97. The molecule has 0 aliphatic carbocycles. The highest BCUT2D eigenvalue weighted by molar-refractivity contribution is 7.91. The Hall–Kier alpha value is -2.68. The molecular formula is C18H23N5O3S. The molecule has 2 aromatic rings. The monoisotopic (exact) mass is 389 g/mol. The number of anilines is 4. The van der Waals surface area contributed by atoms with Gasteiger partial charge in [0.15, 0.2) is 9.84 Å². The number of aromatic nitrogens is 2. The Morgan fingerprint density at radius 3 is 2.52 bits per heavy atom. The highest BCUT2D eigenvalue weighted by Crippen LogP contribution is 2.23. The Morgan fingerprint density at radius 1 is 1.22 bits per heavy atom. The third-order valence-corrected chi connectivity index (χ3v) is 6.12. The lowest BCUT2D eigenvalue weighted by molar-refractivity contribution is -0.114. The molecule has 1 aromatic carbocycles. The van der Waals surface area contributed by atoms with E-state index in [4.69, 9.17) is 0 Å². The lowest BCUT2D eigenvalue weighted by Gasteiger charge is -2.26. The zero-order valence-corrected chi connectivity index (χ0v) is 16.2. The fourth-order valence-corrected chi connectivity index (χ4v) is 4.86. The SMILES string of the molecule is CCN(c1nccc(Nc2ccc(NC(C)=O)cc2)n1)C1CCS(=O)(=O)C1. The second kappa shape index (κ2) is 7.91. The summed E-state index contributed by atoms with van der Waals surface area (Å²) in [5.41, 5.74) is 1.54. The number of carbonyl (C=O) groups is 1. The number of hydrogen-bond acceptors (Lipinski definition) is 7. The maximum absolute atomic E-state index is 11.8. The van der Waals surface area contributed by atoms with Crippen molar-refractivity contribution in [1.82, 2.24) is 9.97 Å². The molecule has 2 heterocycles. The van der Waals surface area contributed by atoms with Crippen molar-refractivity contribution in [3.8, 4) is 0 Å². The summed E-state index contributed by atoms with van der Waals surface area (Å²) in [4.78, 5) is 21.9. The van der Waals surface area contributed by atoms with Crippen LogP contribution < -0.4 is 15.5 Å². The highest BCUT2D eigenvalue weighted by atomic mass is 32.2. The number of carbonyl (C=O) groups excluding carboxylic acids is 1. The Kier molecular flexibility index (Phi) is 5.59. The summed E-state index contributed by atoms with van der Waals surface area (Å²) in [6.45, 7) is 4.06. The van der Waals surface area contributed by atoms with Crippen LogP contribution in [0, 0.1) is 0 Å². The van der Waals surface area contributed by atoms with E-state index >= 15 is 0 Å². The fourth-order valence-electron chi connectivity index (χ4n) is 3.13. The predicted octanol–water partition coefficient (Wildman–Crippen LogP) is 2.19.